The molecule has 2 aromatic rings. The second-order valence-corrected chi connectivity index (χ2v) is 4.59. The van der Waals surface area contributed by atoms with Crippen molar-refractivity contribution in [2.75, 3.05) is 6.54 Å². The molecule has 0 spiro atoms. The molecule has 0 saturated carbocycles. The van der Waals surface area contributed by atoms with Crippen molar-refractivity contribution < 1.29 is 0 Å². The monoisotopic (exact) mass is 237 g/mol. The van der Waals surface area contributed by atoms with Gasteiger partial charge >= 0.3 is 0 Å². The number of hydrogen-bond acceptors (Lipinski definition) is 5. The van der Waals surface area contributed by atoms with Crippen LogP contribution in [0.5, 0.6) is 0 Å². The van der Waals surface area contributed by atoms with Crippen LogP contribution in [0.4, 0.5) is 0 Å². The number of thiazole rings is 1. The van der Waals surface area contributed by atoms with Crippen molar-refractivity contribution in [1.82, 2.24) is 25.5 Å². The fourth-order valence-electron chi connectivity index (χ4n) is 1.38. The van der Waals surface area contributed by atoms with E-state index in [0.717, 1.165) is 41.9 Å². The highest BCUT2D eigenvalue weighted by Crippen LogP contribution is 2.07. The van der Waals surface area contributed by atoms with Crippen LogP contribution in [0.15, 0.2) is 5.38 Å². The SMILES string of the molecule is Cc1csc(CNCCc2n[nH]c(C)n2)n1. The molecule has 2 rings (SSSR count). The van der Waals surface area contributed by atoms with Crippen molar-refractivity contribution in [3.8, 4) is 0 Å². The highest BCUT2D eigenvalue weighted by molar-refractivity contribution is 7.09. The Balaban J connectivity index is 1.69. The molecule has 0 aliphatic carbocycles. The summed E-state index contributed by atoms with van der Waals surface area (Å²) in [6.45, 7) is 5.61. The average Bonchev–Trinajstić information content (AvgIpc) is 2.83. The third kappa shape index (κ3) is 3.11. The summed E-state index contributed by atoms with van der Waals surface area (Å²) in [5.41, 5.74) is 1.09. The van der Waals surface area contributed by atoms with Crippen LogP contribution in [-0.2, 0) is 13.0 Å². The first kappa shape index (κ1) is 11.2. The highest BCUT2D eigenvalue weighted by Gasteiger charge is 2.00. The molecule has 0 radical (unpaired) electrons. The molecule has 2 heterocycles. The zero-order valence-corrected chi connectivity index (χ0v) is 10.3. The maximum Gasteiger partial charge on any atom is 0.151 e. The molecule has 0 aromatic carbocycles. The molecule has 2 aromatic heterocycles. The van der Waals surface area contributed by atoms with Crippen LogP contribution in [0.2, 0.25) is 0 Å². The van der Waals surface area contributed by atoms with Crippen LogP contribution in [0.25, 0.3) is 0 Å². The lowest BCUT2D eigenvalue weighted by atomic mass is 10.4. The van der Waals surface area contributed by atoms with Gasteiger partial charge in [-0.1, -0.05) is 0 Å². The molecule has 2 N–H and O–H groups in total. The largest absolute Gasteiger partial charge is 0.310 e. The van der Waals surface area contributed by atoms with Gasteiger partial charge in [0.25, 0.3) is 0 Å². The van der Waals surface area contributed by atoms with E-state index in [9.17, 15) is 0 Å². The Hall–Kier alpha value is -1.27. The van der Waals surface area contributed by atoms with E-state index in [1.165, 1.54) is 0 Å². The molecule has 0 fully saturated rings. The first-order valence-electron chi connectivity index (χ1n) is 5.23. The quantitative estimate of drug-likeness (QED) is 0.767. The summed E-state index contributed by atoms with van der Waals surface area (Å²) < 4.78 is 0. The van der Waals surface area contributed by atoms with Gasteiger partial charge in [-0.15, -0.1) is 11.3 Å². The fraction of sp³-hybridized carbons (Fsp3) is 0.500. The Morgan fingerprint density at radius 1 is 1.38 bits per heavy atom. The number of aromatic amines is 1. The smallest absolute Gasteiger partial charge is 0.151 e. The lowest BCUT2D eigenvalue weighted by Crippen LogP contribution is -2.17. The maximum atomic E-state index is 4.38. The molecule has 6 heteroatoms. The van der Waals surface area contributed by atoms with Crippen LogP contribution in [-0.4, -0.2) is 26.7 Å². The molecule has 0 unspecified atom stereocenters. The number of nitrogens with one attached hydrogen (secondary N) is 2. The fourth-order valence-corrected chi connectivity index (χ4v) is 2.12. The predicted octanol–water partition coefficient (Wildman–Crippen LogP) is 1.21. The molecule has 0 atom stereocenters. The summed E-state index contributed by atoms with van der Waals surface area (Å²) in [5, 5.41) is 13.4. The first-order valence-corrected chi connectivity index (χ1v) is 6.11. The summed E-state index contributed by atoms with van der Waals surface area (Å²) in [7, 11) is 0. The van der Waals surface area contributed by atoms with E-state index >= 15 is 0 Å². The van der Waals surface area contributed by atoms with Crippen LogP contribution in [0.3, 0.4) is 0 Å². The third-order valence-corrected chi connectivity index (χ3v) is 3.08. The Morgan fingerprint density at radius 2 is 2.25 bits per heavy atom. The molecular weight excluding hydrogens is 222 g/mol. The summed E-state index contributed by atoms with van der Waals surface area (Å²) >= 11 is 1.69. The minimum Gasteiger partial charge on any atom is -0.310 e. The van der Waals surface area contributed by atoms with Crippen LogP contribution in [0, 0.1) is 13.8 Å². The van der Waals surface area contributed by atoms with E-state index in [1.54, 1.807) is 11.3 Å². The first-order chi connectivity index (χ1) is 7.74. The van der Waals surface area contributed by atoms with Gasteiger partial charge in [-0.05, 0) is 13.8 Å². The number of aryl methyl sites for hydroxylation is 2. The van der Waals surface area contributed by atoms with Gasteiger partial charge in [-0.3, -0.25) is 5.10 Å². The van der Waals surface area contributed by atoms with Crippen molar-refractivity contribution in [2.45, 2.75) is 26.8 Å². The topological polar surface area (TPSA) is 66.5 Å². The normalized spacial score (nSPS) is 10.9. The summed E-state index contributed by atoms with van der Waals surface area (Å²) in [5.74, 6) is 1.73. The Labute approximate surface area is 98.3 Å². The zero-order valence-electron chi connectivity index (χ0n) is 9.45. The van der Waals surface area contributed by atoms with Crippen LogP contribution in [0.1, 0.15) is 22.4 Å². The van der Waals surface area contributed by atoms with E-state index in [-0.39, 0.29) is 0 Å². The molecular formula is C10H15N5S. The zero-order chi connectivity index (χ0) is 11.4. The van der Waals surface area contributed by atoms with Gasteiger partial charge in [0.05, 0.1) is 0 Å². The molecule has 0 aliphatic heterocycles. The maximum absolute atomic E-state index is 4.38. The van der Waals surface area contributed by atoms with Gasteiger partial charge in [0.2, 0.25) is 0 Å². The van der Waals surface area contributed by atoms with Crippen LogP contribution >= 0.6 is 11.3 Å². The number of H-pyrrole nitrogens is 1. The Kier molecular flexibility index (Phi) is 3.63. The predicted molar refractivity (Wildman–Crippen MR) is 63.4 cm³/mol. The van der Waals surface area contributed by atoms with Crippen LogP contribution < -0.4 is 5.32 Å². The summed E-state index contributed by atoms with van der Waals surface area (Å²) in [6.07, 6.45) is 0.842. The van der Waals surface area contributed by atoms with E-state index in [4.69, 9.17) is 0 Å². The second kappa shape index (κ2) is 5.18. The van der Waals surface area contributed by atoms with Gasteiger partial charge in [0, 0.05) is 30.6 Å². The second-order valence-electron chi connectivity index (χ2n) is 3.65. The Bertz CT molecular complexity index is 405. The van der Waals surface area contributed by atoms with Gasteiger partial charge in [-0.2, -0.15) is 5.10 Å². The molecule has 0 saturated heterocycles. The minimum absolute atomic E-state index is 0.821. The Morgan fingerprint density at radius 3 is 2.88 bits per heavy atom. The standard InChI is InChI=1S/C10H15N5S/c1-7-6-16-10(12-7)5-11-4-3-9-13-8(2)14-15-9/h6,11H,3-5H2,1-2H3,(H,13,14,15). The molecule has 0 bridgehead atoms. The average molecular weight is 237 g/mol. The summed E-state index contributed by atoms with van der Waals surface area (Å²) in [4.78, 5) is 8.62. The molecule has 0 aliphatic rings. The molecule has 16 heavy (non-hydrogen) atoms. The van der Waals surface area contributed by atoms with E-state index in [0.29, 0.717) is 0 Å². The van der Waals surface area contributed by atoms with Gasteiger partial charge < -0.3 is 5.32 Å². The molecule has 0 amide bonds. The van der Waals surface area contributed by atoms with E-state index in [1.807, 2.05) is 13.8 Å². The van der Waals surface area contributed by atoms with Gasteiger partial charge in [0.1, 0.15) is 10.8 Å². The highest BCUT2D eigenvalue weighted by atomic mass is 32.1. The van der Waals surface area contributed by atoms with Gasteiger partial charge in [0.15, 0.2) is 5.82 Å². The number of rotatable bonds is 5. The van der Waals surface area contributed by atoms with Crippen molar-refractivity contribution in [2.24, 2.45) is 0 Å². The van der Waals surface area contributed by atoms with Gasteiger partial charge in [-0.25, -0.2) is 9.97 Å². The van der Waals surface area contributed by atoms with Crippen molar-refractivity contribution in [1.29, 1.82) is 0 Å². The third-order valence-electron chi connectivity index (χ3n) is 2.11. The molecule has 86 valence electrons. The summed E-state index contributed by atoms with van der Waals surface area (Å²) in [6, 6.07) is 0. The van der Waals surface area contributed by atoms with Crippen molar-refractivity contribution in [3.05, 3.63) is 27.7 Å². The lowest BCUT2D eigenvalue weighted by molar-refractivity contribution is 0.668. The van der Waals surface area contributed by atoms with Crippen molar-refractivity contribution >= 4 is 11.3 Å². The molecule has 5 nitrogen and oxygen atoms in total. The number of aromatic nitrogens is 4. The van der Waals surface area contributed by atoms with Crippen molar-refractivity contribution in [3.63, 3.8) is 0 Å². The van der Waals surface area contributed by atoms with E-state index in [2.05, 4.69) is 30.9 Å². The minimum atomic E-state index is 0.821. The van der Waals surface area contributed by atoms with E-state index < -0.39 is 0 Å². The number of nitrogens with zero attached hydrogens (tertiary/aromatic N) is 3. The number of hydrogen-bond donors (Lipinski definition) is 2. The lowest BCUT2D eigenvalue weighted by Gasteiger charge is -1.99.